The Hall–Kier alpha value is -2.21. The van der Waals surface area contributed by atoms with Crippen molar-refractivity contribution >= 4 is 39.9 Å². The number of carbonyl (C=O) groups excluding carboxylic acids is 1. The lowest BCUT2D eigenvalue weighted by Crippen LogP contribution is -2.43. The molecule has 1 aliphatic carbocycles. The molecule has 0 saturated heterocycles. The molecular formula is C18H22N4OS. The molecule has 1 fully saturated rings. The molecule has 2 N–H and O–H groups in total. The van der Waals surface area contributed by atoms with Crippen LogP contribution < -0.4 is 10.6 Å². The number of guanidine groups is 1. The molecule has 1 saturated carbocycles. The van der Waals surface area contributed by atoms with Crippen molar-refractivity contribution in [3.05, 3.63) is 35.0 Å². The molecule has 1 aromatic heterocycles. The molecular weight excluding hydrogens is 320 g/mol. The highest BCUT2D eigenvalue weighted by molar-refractivity contribution is 7.16. The number of aromatic nitrogens is 1. The number of allylic oxidation sites excluding steroid dienone is 1. The molecule has 0 unspecified atom stereocenters. The van der Waals surface area contributed by atoms with E-state index in [1.54, 1.807) is 18.4 Å². The van der Waals surface area contributed by atoms with Crippen LogP contribution in [0.5, 0.6) is 0 Å². The van der Waals surface area contributed by atoms with Crippen molar-refractivity contribution in [2.24, 2.45) is 4.99 Å². The summed E-state index contributed by atoms with van der Waals surface area (Å²) in [4.78, 5) is 20.0. The van der Waals surface area contributed by atoms with Crippen LogP contribution in [0.2, 0.25) is 0 Å². The predicted octanol–water partition coefficient (Wildman–Crippen LogP) is 3.33. The van der Waals surface area contributed by atoms with Gasteiger partial charge in [-0.2, -0.15) is 0 Å². The first-order valence-corrected chi connectivity index (χ1v) is 9.17. The summed E-state index contributed by atoms with van der Waals surface area (Å²) >= 11 is 1.59. The molecule has 0 spiro atoms. The minimum absolute atomic E-state index is 0.436. The molecule has 0 atom stereocenters. The Morgan fingerprint density at radius 3 is 2.92 bits per heavy atom. The van der Waals surface area contributed by atoms with Gasteiger partial charge < -0.3 is 10.6 Å². The second-order valence-corrected chi connectivity index (χ2v) is 6.86. The number of hydrogen-bond acceptors (Lipinski definition) is 4. The molecule has 2 aromatic rings. The average Bonchev–Trinajstić information content (AvgIpc) is 3.09. The molecule has 3 rings (SSSR count). The highest BCUT2D eigenvalue weighted by atomic mass is 32.1. The first-order valence-electron chi connectivity index (χ1n) is 8.29. The molecule has 0 aliphatic heterocycles. The quantitative estimate of drug-likeness (QED) is 0.387. The van der Waals surface area contributed by atoms with Gasteiger partial charge in [0.25, 0.3) is 0 Å². The maximum atomic E-state index is 11.4. The van der Waals surface area contributed by atoms with E-state index in [2.05, 4.69) is 20.6 Å². The first kappa shape index (κ1) is 16.6. The van der Waals surface area contributed by atoms with Gasteiger partial charge in [0.15, 0.2) is 12.2 Å². The first-order chi connectivity index (χ1) is 11.8. The molecule has 1 aliphatic rings. The third kappa shape index (κ3) is 4.20. The fraction of sp³-hybridized carbons (Fsp3) is 0.389. The minimum atomic E-state index is 0.436. The number of aldehydes is 1. The Balaban J connectivity index is 1.70. The number of hydrogen-bond donors (Lipinski definition) is 2. The van der Waals surface area contributed by atoms with Crippen molar-refractivity contribution < 1.29 is 4.79 Å². The Labute approximate surface area is 145 Å². The number of benzene rings is 1. The molecule has 5 nitrogen and oxygen atoms in total. The molecule has 0 amide bonds. The van der Waals surface area contributed by atoms with Crippen molar-refractivity contribution in [3.63, 3.8) is 0 Å². The van der Waals surface area contributed by atoms with Crippen LogP contribution in [-0.4, -0.2) is 30.3 Å². The van der Waals surface area contributed by atoms with E-state index in [4.69, 9.17) is 0 Å². The average molecular weight is 342 g/mol. The summed E-state index contributed by atoms with van der Waals surface area (Å²) in [6.45, 7) is 0. The van der Waals surface area contributed by atoms with Gasteiger partial charge in [0.05, 0.1) is 21.4 Å². The van der Waals surface area contributed by atoms with E-state index in [9.17, 15) is 4.79 Å². The summed E-state index contributed by atoms with van der Waals surface area (Å²) in [5, 5.41) is 6.52. The largest absolute Gasteiger partial charge is 0.353 e. The lowest BCUT2D eigenvalue weighted by atomic mass is 9.96. The summed E-state index contributed by atoms with van der Waals surface area (Å²) in [7, 11) is 1.73. The molecule has 1 heterocycles. The lowest BCUT2D eigenvalue weighted by molar-refractivity contribution is -0.105. The van der Waals surface area contributed by atoms with Gasteiger partial charge in [0.2, 0.25) is 0 Å². The zero-order valence-electron chi connectivity index (χ0n) is 13.8. The van der Waals surface area contributed by atoms with Crippen LogP contribution in [0.15, 0.2) is 34.4 Å². The molecule has 126 valence electrons. The normalized spacial score (nSPS) is 17.0. The summed E-state index contributed by atoms with van der Waals surface area (Å²) in [6, 6.07) is 6.40. The van der Waals surface area contributed by atoms with Crippen LogP contribution in [0.3, 0.4) is 0 Å². The van der Waals surface area contributed by atoms with E-state index < -0.39 is 0 Å². The molecule has 0 radical (unpaired) electrons. The number of thiazole rings is 1. The molecule has 24 heavy (non-hydrogen) atoms. The molecule has 1 aromatic carbocycles. The van der Waals surface area contributed by atoms with Gasteiger partial charge in [-0.25, -0.2) is 4.98 Å². The van der Waals surface area contributed by atoms with E-state index in [0.717, 1.165) is 34.9 Å². The van der Waals surface area contributed by atoms with Crippen molar-refractivity contribution in [2.45, 2.75) is 38.1 Å². The minimum Gasteiger partial charge on any atom is -0.353 e. The fourth-order valence-corrected chi connectivity index (χ4v) is 3.70. The van der Waals surface area contributed by atoms with E-state index >= 15 is 0 Å². The van der Waals surface area contributed by atoms with Gasteiger partial charge in [-0.05, 0) is 36.6 Å². The Kier molecular flexibility index (Phi) is 5.59. The SMILES string of the molecule is CN=C(N/C(C=O)=C\c1ccc2ncsc2c1)NC1CCCCC1. The zero-order chi connectivity index (χ0) is 16.8. The van der Waals surface area contributed by atoms with E-state index in [0.29, 0.717) is 17.7 Å². The second kappa shape index (κ2) is 8.06. The summed E-state index contributed by atoms with van der Waals surface area (Å²) in [5.41, 5.74) is 4.26. The summed E-state index contributed by atoms with van der Waals surface area (Å²) in [6.07, 6.45) is 8.78. The molecule has 0 bridgehead atoms. The standard InChI is InChI=1S/C18H22N4OS/c1-19-18(21-14-5-3-2-4-6-14)22-15(11-23)9-13-7-8-16-17(10-13)24-12-20-16/h7-12,14H,2-6H2,1H3,(H2,19,21,22)/b15-9-. The Morgan fingerprint density at radius 1 is 1.33 bits per heavy atom. The van der Waals surface area contributed by atoms with Crippen LogP contribution in [0.4, 0.5) is 0 Å². The van der Waals surface area contributed by atoms with Gasteiger partial charge in [0, 0.05) is 13.1 Å². The van der Waals surface area contributed by atoms with Gasteiger partial charge in [-0.3, -0.25) is 9.79 Å². The maximum Gasteiger partial charge on any atom is 0.195 e. The van der Waals surface area contributed by atoms with E-state index in [-0.39, 0.29) is 0 Å². The number of nitrogens with one attached hydrogen (secondary N) is 2. The van der Waals surface area contributed by atoms with E-state index in [1.165, 1.54) is 19.3 Å². The van der Waals surface area contributed by atoms with Gasteiger partial charge in [0.1, 0.15) is 0 Å². The van der Waals surface area contributed by atoms with Crippen molar-refractivity contribution in [1.82, 2.24) is 15.6 Å². The van der Waals surface area contributed by atoms with Crippen LogP contribution >= 0.6 is 11.3 Å². The third-order valence-corrected chi connectivity index (χ3v) is 5.03. The van der Waals surface area contributed by atoms with Crippen molar-refractivity contribution in [1.29, 1.82) is 0 Å². The molecule has 6 heteroatoms. The van der Waals surface area contributed by atoms with Crippen LogP contribution in [-0.2, 0) is 4.79 Å². The second-order valence-electron chi connectivity index (χ2n) is 5.97. The van der Waals surface area contributed by atoms with Crippen LogP contribution in [0.25, 0.3) is 16.3 Å². The fourth-order valence-electron chi connectivity index (χ4n) is 2.97. The predicted molar refractivity (Wildman–Crippen MR) is 100 cm³/mol. The number of carbonyl (C=O) groups is 1. The Morgan fingerprint density at radius 2 is 2.17 bits per heavy atom. The third-order valence-electron chi connectivity index (χ3n) is 4.24. The maximum absolute atomic E-state index is 11.4. The van der Waals surface area contributed by atoms with Crippen LogP contribution in [0, 0.1) is 0 Å². The van der Waals surface area contributed by atoms with Crippen molar-refractivity contribution in [2.75, 3.05) is 7.05 Å². The zero-order valence-corrected chi connectivity index (χ0v) is 14.6. The Bertz CT molecular complexity index is 759. The lowest BCUT2D eigenvalue weighted by Gasteiger charge is -2.24. The number of nitrogens with zero attached hydrogens (tertiary/aromatic N) is 2. The topological polar surface area (TPSA) is 66.4 Å². The highest BCUT2D eigenvalue weighted by Gasteiger charge is 2.14. The van der Waals surface area contributed by atoms with Gasteiger partial charge in [-0.1, -0.05) is 25.3 Å². The van der Waals surface area contributed by atoms with Crippen LogP contribution in [0.1, 0.15) is 37.7 Å². The highest BCUT2D eigenvalue weighted by Crippen LogP contribution is 2.20. The van der Waals surface area contributed by atoms with Crippen molar-refractivity contribution in [3.8, 4) is 0 Å². The summed E-state index contributed by atoms with van der Waals surface area (Å²) in [5.74, 6) is 0.652. The smallest absolute Gasteiger partial charge is 0.195 e. The number of aliphatic imine (C=N–C) groups is 1. The van der Waals surface area contributed by atoms with E-state index in [1.807, 2.05) is 29.8 Å². The van der Waals surface area contributed by atoms with Gasteiger partial charge in [-0.15, -0.1) is 11.3 Å². The number of rotatable bonds is 4. The number of fused-ring (bicyclic) bond motifs is 1. The monoisotopic (exact) mass is 342 g/mol. The summed E-state index contributed by atoms with van der Waals surface area (Å²) < 4.78 is 1.11. The van der Waals surface area contributed by atoms with Gasteiger partial charge >= 0.3 is 0 Å².